The van der Waals surface area contributed by atoms with Gasteiger partial charge in [-0.3, -0.25) is 4.79 Å². The van der Waals surface area contributed by atoms with Crippen molar-refractivity contribution in [1.29, 1.82) is 0 Å². The summed E-state index contributed by atoms with van der Waals surface area (Å²) in [6, 6.07) is 3.45. The highest BCUT2D eigenvalue weighted by Gasteiger charge is 2.35. The van der Waals surface area contributed by atoms with Crippen molar-refractivity contribution >= 4 is 21.9 Å². The molecule has 0 aliphatic rings. The van der Waals surface area contributed by atoms with E-state index in [0.29, 0.717) is 0 Å². The van der Waals surface area contributed by atoms with Gasteiger partial charge in [0.2, 0.25) is 0 Å². The van der Waals surface area contributed by atoms with E-state index in [-0.39, 0.29) is 15.9 Å². The minimum Gasteiger partial charge on any atom is -0.480 e. The second kappa shape index (κ2) is 5.19. The van der Waals surface area contributed by atoms with Crippen molar-refractivity contribution in [1.82, 2.24) is 20.2 Å². The first-order valence-corrected chi connectivity index (χ1v) is 5.93. The monoisotopic (exact) mass is 350 g/mol. The Hall–Kier alpha value is -1.97. The van der Waals surface area contributed by atoms with E-state index in [4.69, 9.17) is 5.11 Å². The SMILES string of the molecule is O=C(O)Cn1nnnc1-c1ccc(Br)cc1C(F)(F)F. The number of alkyl halides is 3. The zero-order valence-electron chi connectivity index (χ0n) is 9.60. The van der Waals surface area contributed by atoms with Crippen LogP contribution in [0.5, 0.6) is 0 Å². The van der Waals surface area contributed by atoms with Gasteiger partial charge in [0.25, 0.3) is 0 Å². The number of benzene rings is 1. The molecule has 2 rings (SSSR count). The summed E-state index contributed by atoms with van der Waals surface area (Å²) in [5, 5.41) is 18.7. The van der Waals surface area contributed by atoms with Crippen LogP contribution in [0.3, 0.4) is 0 Å². The molecule has 0 saturated heterocycles. The van der Waals surface area contributed by atoms with E-state index >= 15 is 0 Å². The largest absolute Gasteiger partial charge is 0.480 e. The maximum atomic E-state index is 13.0. The minimum atomic E-state index is -4.61. The predicted octanol–water partition coefficient (Wildman–Crippen LogP) is 2.21. The molecule has 0 atom stereocenters. The molecule has 0 saturated carbocycles. The van der Waals surface area contributed by atoms with Crippen molar-refractivity contribution in [3.8, 4) is 11.4 Å². The van der Waals surface area contributed by atoms with Crippen LogP contribution in [0.15, 0.2) is 22.7 Å². The molecule has 0 unspecified atom stereocenters. The summed E-state index contributed by atoms with van der Waals surface area (Å²) in [6.07, 6.45) is -4.61. The summed E-state index contributed by atoms with van der Waals surface area (Å²) in [7, 11) is 0. The lowest BCUT2D eigenvalue weighted by Crippen LogP contribution is -2.14. The first kappa shape index (κ1) is 14.4. The molecule has 0 aliphatic heterocycles. The molecule has 10 heteroatoms. The Labute approximate surface area is 118 Å². The Morgan fingerprint density at radius 1 is 1.40 bits per heavy atom. The first-order chi connectivity index (χ1) is 9.29. The number of rotatable bonds is 3. The Balaban J connectivity index is 2.59. The lowest BCUT2D eigenvalue weighted by atomic mass is 10.1. The summed E-state index contributed by atoms with van der Waals surface area (Å²) in [5.74, 6) is -1.52. The molecule has 1 aromatic heterocycles. The number of hydrogen-bond acceptors (Lipinski definition) is 4. The standard InChI is InChI=1S/C10H6BrF3N4O2/c11-5-1-2-6(7(3-5)10(12,13)14)9-15-16-17-18(9)4-8(19)20/h1-3H,4H2,(H,19,20). The van der Waals surface area contributed by atoms with Gasteiger partial charge in [-0.1, -0.05) is 15.9 Å². The van der Waals surface area contributed by atoms with Gasteiger partial charge in [0, 0.05) is 10.0 Å². The van der Waals surface area contributed by atoms with E-state index in [0.717, 1.165) is 10.7 Å². The second-order valence-corrected chi connectivity index (χ2v) is 4.66. The maximum absolute atomic E-state index is 13.0. The van der Waals surface area contributed by atoms with Gasteiger partial charge in [-0.25, -0.2) is 4.68 Å². The van der Waals surface area contributed by atoms with Gasteiger partial charge >= 0.3 is 12.1 Å². The molecule has 6 nitrogen and oxygen atoms in total. The summed E-state index contributed by atoms with van der Waals surface area (Å²) >= 11 is 2.96. The van der Waals surface area contributed by atoms with Crippen LogP contribution in [-0.2, 0) is 17.5 Å². The molecule has 1 N–H and O–H groups in total. The van der Waals surface area contributed by atoms with Crippen LogP contribution in [0.1, 0.15) is 5.56 Å². The average molecular weight is 351 g/mol. The van der Waals surface area contributed by atoms with Gasteiger partial charge in [-0.05, 0) is 28.6 Å². The molecule has 1 heterocycles. The molecule has 0 aliphatic carbocycles. The summed E-state index contributed by atoms with van der Waals surface area (Å²) in [5.41, 5.74) is -1.24. The third-order valence-electron chi connectivity index (χ3n) is 2.34. The normalized spacial score (nSPS) is 11.6. The molecule has 0 fully saturated rings. The quantitative estimate of drug-likeness (QED) is 0.917. The number of hydrogen-bond donors (Lipinski definition) is 1. The van der Waals surface area contributed by atoms with Gasteiger partial charge in [0.05, 0.1) is 5.56 Å². The molecule has 0 bridgehead atoms. The number of tetrazole rings is 1. The number of carbonyl (C=O) groups is 1. The van der Waals surface area contributed by atoms with Crippen LogP contribution in [0.25, 0.3) is 11.4 Å². The lowest BCUT2D eigenvalue weighted by Gasteiger charge is -2.12. The molecule has 20 heavy (non-hydrogen) atoms. The Bertz CT molecular complexity index is 656. The molecule has 2 aromatic rings. The highest BCUT2D eigenvalue weighted by molar-refractivity contribution is 9.10. The second-order valence-electron chi connectivity index (χ2n) is 3.74. The van der Waals surface area contributed by atoms with Crippen molar-refractivity contribution < 1.29 is 23.1 Å². The number of aliphatic carboxylic acids is 1. The van der Waals surface area contributed by atoms with E-state index in [9.17, 15) is 18.0 Å². The van der Waals surface area contributed by atoms with Crippen LogP contribution in [-0.4, -0.2) is 31.3 Å². The average Bonchev–Trinajstić information content (AvgIpc) is 2.75. The molecule has 0 amide bonds. The molecule has 0 spiro atoms. The maximum Gasteiger partial charge on any atom is 0.417 e. The Morgan fingerprint density at radius 3 is 2.70 bits per heavy atom. The first-order valence-electron chi connectivity index (χ1n) is 5.14. The zero-order chi connectivity index (χ0) is 14.9. The van der Waals surface area contributed by atoms with Crippen LogP contribution in [0.2, 0.25) is 0 Å². The van der Waals surface area contributed by atoms with E-state index in [2.05, 4.69) is 31.5 Å². The van der Waals surface area contributed by atoms with Gasteiger partial charge in [0.15, 0.2) is 5.82 Å². The van der Waals surface area contributed by atoms with Crippen molar-refractivity contribution in [2.24, 2.45) is 0 Å². The summed E-state index contributed by atoms with van der Waals surface area (Å²) in [6.45, 7) is -0.629. The smallest absolute Gasteiger partial charge is 0.417 e. The topological polar surface area (TPSA) is 80.9 Å². The number of carboxylic acids is 1. The number of nitrogens with zero attached hydrogens (tertiary/aromatic N) is 4. The Morgan fingerprint density at radius 2 is 2.10 bits per heavy atom. The van der Waals surface area contributed by atoms with E-state index in [1.165, 1.54) is 12.1 Å². The molecular weight excluding hydrogens is 345 g/mol. The van der Waals surface area contributed by atoms with Crippen molar-refractivity contribution in [3.63, 3.8) is 0 Å². The van der Waals surface area contributed by atoms with E-state index in [1.54, 1.807) is 0 Å². The number of halogens is 4. The van der Waals surface area contributed by atoms with Crippen molar-refractivity contribution in [2.75, 3.05) is 0 Å². The summed E-state index contributed by atoms with van der Waals surface area (Å²) in [4.78, 5) is 10.6. The number of aromatic nitrogens is 4. The molecule has 106 valence electrons. The fourth-order valence-corrected chi connectivity index (χ4v) is 1.94. The molecular formula is C10H6BrF3N4O2. The van der Waals surface area contributed by atoms with Crippen LogP contribution in [0, 0.1) is 0 Å². The van der Waals surface area contributed by atoms with Crippen molar-refractivity contribution in [3.05, 3.63) is 28.2 Å². The van der Waals surface area contributed by atoms with Gasteiger partial charge in [-0.2, -0.15) is 13.2 Å². The van der Waals surface area contributed by atoms with E-state index in [1.807, 2.05) is 0 Å². The summed E-state index contributed by atoms with van der Waals surface area (Å²) < 4.78 is 40.0. The van der Waals surface area contributed by atoms with Gasteiger partial charge in [0.1, 0.15) is 6.54 Å². The van der Waals surface area contributed by atoms with Crippen molar-refractivity contribution in [2.45, 2.75) is 12.7 Å². The highest BCUT2D eigenvalue weighted by Crippen LogP contribution is 2.37. The minimum absolute atomic E-state index is 0.242. The third-order valence-corrected chi connectivity index (χ3v) is 2.84. The zero-order valence-corrected chi connectivity index (χ0v) is 11.2. The van der Waals surface area contributed by atoms with Crippen LogP contribution in [0.4, 0.5) is 13.2 Å². The van der Waals surface area contributed by atoms with Gasteiger partial charge in [-0.15, -0.1) is 5.10 Å². The Kier molecular flexibility index (Phi) is 3.75. The fourth-order valence-electron chi connectivity index (χ4n) is 1.58. The lowest BCUT2D eigenvalue weighted by molar-refractivity contribution is -0.138. The molecule has 0 radical (unpaired) electrons. The van der Waals surface area contributed by atoms with Crippen LogP contribution >= 0.6 is 15.9 Å². The number of carboxylic acid groups (broad SMARTS) is 1. The van der Waals surface area contributed by atoms with Crippen LogP contribution < -0.4 is 0 Å². The van der Waals surface area contributed by atoms with E-state index < -0.39 is 24.3 Å². The predicted molar refractivity (Wildman–Crippen MR) is 63.6 cm³/mol. The molecule has 1 aromatic carbocycles. The third kappa shape index (κ3) is 2.95. The highest BCUT2D eigenvalue weighted by atomic mass is 79.9. The van der Waals surface area contributed by atoms with Gasteiger partial charge < -0.3 is 5.11 Å². The fraction of sp³-hybridized carbons (Fsp3) is 0.200.